The first kappa shape index (κ1) is 12.2. The third-order valence-corrected chi connectivity index (χ3v) is 2.51. The summed E-state index contributed by atoms with van der Waals surface area (Å²) in [5.41, 5.74) is 2.14. The van der Waals surface area contributed by atoms with E-state index in [9.17, 15) is 4.79 Å². The monoisotopic (exact) mass is 202 g/mol. The van der Waals surface area contributed by atoms with Gasteiger partial charge in [-0.15, -0.1) is 0 Å². The Kier molecular flexibility index (Phi) is 4.76. The minimum Gasteiger partial charge on any atom is -0.438 e. The first-order valence-electron chi connectivity index (χ1n) is 4.29. The second-order valence-corrected chi connectivity index (χ2v) is 9.07. The Morgan fingerprint density at radius 1 is 1.38 bits per heavy atom. The highest BCUT2D eigenvalue weighted by Gasteiger charge is 2.10. The molecule has 0 aromatic rings. The molecule has 0 N–H and O–H groups in total. The zero-order valence-corrected chi connectivity index (χ0v) is 9.96. The molecule has 1 atom stereocenters. The van der Waals surface area contributed by atoms with Gasteiger partial charge in [0.1, 0.15) is 6.10 Å². The number of methoxy groups -OCH3 is 1. The van der Waals surface area contributed by atoms with Gasteiger partial charge in [-0.1, -0.05) is 31.4 Å². The summed E-state index contributed by atoms with van der Waals surface area (Å²) >= 11 is 0. The van der Waals surface area contributed by atoms with Crippen molar-refractivity contribution in [2.75, 3.05) is 7.11 Å². The van der Waals surface area contributed by atoms with E-state index in [2.05, 4.69) is 30.1 Å². The summed E-state index contributed by atoms with van der Waals surface area (Å²) in [6, 6.07) is 0. The molecule has 0 aliphatic heterocycles. The molecule has 0 rings (SSSR count). The lowest BCUT2D eigenvalue weighted by molar-refractivity contribution is 0.0579. The summed E-state index contributed by atoms with van der Waals surface area (Å²) in [6.45, 7) is 8.46. The SMILES string of the molecule is COC(=O)O[C@H](C)/C=C/[Si](C)(C)C. The second kappa shape index (κ2) is 5.06. The highest BCUT2D eigenvalue weighted by Crippen LogP contribution is 2.04. The van der Waals surface area contributed by atoms with Crippen LogP contribution >= 0.6 is 0 Å². The number of carbonyl (C=O) groups excluding carboxylic acids is 1. The van der Waals surface area contributed by atoms with Gasteiger partial charge in [-0.05, 0) is 6.92 Å². The predicted molar refractivity (Wildman–Crippen MR) is 55.4 cm³/mol. The van der Waals surface area contributed by atoms with Gasteiger partial charge in [-0.3, -0.25) is 0 Å². The van der Waals surface area contributed by atoms with E-state index in [0.717, 1.165) is 0 Å². The molecule has 0 aliphatic carbocycles. The minimum atomic E-state index is -1.19. The van der Waals surface area contributed by atoms with E-state index in [1.807, 2.05) is 13.0 Å². The third-order valence-electron chi connectivity index (χ3n) is 1.32. The second-order valence-electron chi connectivity index (χ2n) is 4.00. The number of hydrogen-bond acceptors (Lipinski definition) is 3. The summed E-state index contributed by atoms with van der Waals surface area (Å²) in [4.78, 5) is 10.7. The fourth-order valence-corrected chi connectivity index (χ4v) is 1.51. The zero-order chi connectivity index (χ0) is 10.5. The van der Waals surface area contributed by atoms with Crippen molar-refractivity contribution in [2.24, 2.45) is 0 Å². The summed E-state index contributed by atoms with van der Waals surface area (Å²) in [7, 11) is 0.109. The van der Waals surface area contributed by atoms with Crippen molar-refractivity contribution in [1.82, 2.24) is 0 Å². The highest BCUT2D eigenvalue weighted by molar-refractivity contribution is 6.80. The van der Waals surface area contributed by atoms with E-state index in [4.69, 9.17) is 4.74 Å². The summed E-state index contributed by atoms with van der Waals surface area (Å²) in [5.74, 6) is 0. The number of rotatable bonds is 3. The molecule has 0 bridgehead atoms. The minimum absolute atomic E-state index is 0.209. The molecule has 4 heteroatoms. The standard InChI is InChI=1S/C9H18O3Si/c1-8(12-9(10)11-2)6-7-13(3,4)5/h6-8H,1-5H3/b7-6+/t8-/m1/s1. The van der Waals surface area contributed by atoms with Crippen molar-refractivity contribution in [3.63, 3.8) is 0 Å². The quantitative estimate of drug-likeness (QED) is 0.521. The maximum atomic E-state index is 10.7. The van der Waals surface area contributed by atoms with Gasteiger partial charge in [0, 0.05) is 0 Å². The molecule has 0 fully saturated rings. The van der Waals surface area contributed by atoms with Crippen LogP contribution in [-0.2, 0) is 9.47 Å². The molecule has 0 saturated carbocycles. The number of ether oxygens (including phenoxy) is 2. The van der Waals surface area contributed by atoms with E-state index in [1.165, 1.54) is 7.11 Å². The third kappa shape index (κ3) is 7.58. The molecular formula is C9H18O3Si. The van der Waals surface area contributed by atoms with Crippen LogP contribution in [0, 0.1) is 0 Å². The lowest BCUT2D eigenvalue weighted by Gasteiger charge is -2.11. The van der Waals surface area contributed by atoms with Gasteiger partial charge in [-0.2, -0.15) is 0 Å². The van der Waals surface area contributed by atoms with Crippen LogP contribution in [0.1, 0.15) is 6.92 Å². The normalized spacial score (nSPS) is 14.2. The molecule has 76 valence electrons. The van der Waals surface area contributed by atoms with Crippen molar-refractivity contribution >= 4 is 14.2 Å². The van der Waals surface area contributed by atoms with Crippen LogP contribution in [0.3, 0.4) is 0 Å². The van der Waals surface area contributed by atoms with Gasteiger partial charge in [-0.25, -0.2) is 4.79 Å². The largest absolute Gasteiger partial charge is 0.508 e. The molecule has 0 aromatic carbocycles. The Labute approximate surface area is 80.7 Å². The van der Waals surface area contributed by atoms with Gasteiger partial charge in [0.15, 0.2) is 0 Å². The number of carbonyl (C=O) groups is 1. The lowest BCUT2D eigenvalue weighted by atomic mass is 10.4. The molecule has 13 heavy (non-hydrogen) atoms. The molecule has 0 aromatic heterocycles. The van der Waals surface area contributed by atoms with Crippen molar-refractivity contribution in [3.05, 3.63) is 11.8 Å². The molecule has 0 radical (unpaired) electrons. The first-order valence-corrected chi connectivity index (χ1v) is 7.87. The Morgan fingerprint density at radius 3 is 2.31 bits per heavy atom. The Bertz CT molecular complexity index is 194. The Balaban J connectivity index is 3.94. The average molecular weight is 202 g/mol. The van der Waals surface area contributed by atoms with E-state index in [0.29, 0.717) is 0 Å². The highest BCUT2D eigenvalue weighted by atomic mass is 28.3. The van der Waals surface area contributed by atoms with E-state index in [1.54, 1.807) is 0 Å². The molecule has 0 aliphatic rings. The van der Waals surface area contributed by atoms with Crippen LogP contribution in [0.25, 0.3) is 0 Å². The van der Waals surface area contributed by atoms with Gasteiger partial charge < -0.3 is 9.47 Å². The van der Waals surface area contributed by atoms with Gasteiger partial charge in [0.25, 0.3) is 0 Å². The van der Waals surface area contributed by atoms with Crippen LogP contribution in [0.5, 0.6) is 0 Å². The van der Waals surface area contributed by atoms with Gasteiger partial charge in [0.05, 0.1) is 15.2 Å². The molecule has 0 heterocycles. The summed E-state index contributed by atoms with van der Waals surface area (Å²) in [6.07, 6.45) is 1.07. The van der Waals surface area contributed by atoms with Gasteiger partial charge in [0.2, 0.25) is 0 Å². The van der Waals surface area contributed by atoms with Crippen molar-refractivity contribution < 1.29 is 14.3 Å². The zero-order valence-electron chi connectivity index (χ0n) is 8.96. The molecule has 0 unspecified atom stereocenters. The summed E-state index contributed by atoms with van der Waals surface area (Å²) in [5, 5.41) is 0. The Morgan fingerprint density at radius 2 is 1.92 bits per heavy atom. The van der Waals surface area contributed by atoms with Crippen LogP contribution in [0.2, 0.25) is 19.6 Å². The molecule has 0 saturated heterocycles. The molecule has 0 spiro atoms. The van der Waals surface area contributed by atoms with E-state index in [-0.39, 0.29) is 6.10 Å². The molecule has 3 nitrogen and oxygen atoms in total. The molecule has 0 amide bonds. The van der Waals surface area contributed by atoms with E-state index >= 15 is 0 Å². The van der Waals surface area contributed by atoms with Crippen molar-refractivity contribution in [1.29, 1.82) is 0 Å². The topological polar surface area (TPSA) is 35.5 Å². The predicted octanol–water partition coefficient (Wildman–Crippen LogP) is 2.59. The smallest absolute Gasteiger partial charge is 0.438 e. The Hall–Kier alpha value is -0.773. The number of hydrogen-bond donors (Lipinski definition) is 0. The van der Waals surface area contributed by atoms with Crippen LogP contribution < -0.4 is 0 Å². The van der Waals surface area contributed by atoms with Crippen LogP contribution in [0.15, 0.2) is 11.8 Å². The average Bonchev–Trinajstić information content (AvgIpc) is 1.99. The van der Waals surface area contributed by atoms with E-state index < -0.39 is 14.2 Å². The van der Waals surface area contributed by atoms with Crippen LogP contribution in [-0.4, -0.2) is 27.4 Å². The maximum absolute atomic E-state index is 10.7. The fraction of sp³-hybridized carbons (Fsp3) is 0.667. The van der Waals surface area contributed by atoms with Crippen LogP contribution in [0.4, 0.5) is 4.79 Å². The lowest BCUT2D eigenvalue weighted by Crippen LogP contribution is -2.18. The fourth-order valence-electron chi connectivity index (χ4n) is 0.663. The summed E-state index contributed by atoms with van der Waals surface area (Å²) < 4.78 is 9.24. The molecular weight excluding hydrogens is 184 g/mol. The van der Waals surface area contributed by atoms with Gasteiger partial charge >= 0.3 is 6.16 Å². The van der Waals surface area contributed by atoms with Crippen molar-refractivity contribution in [2.45, 2.75) is 32.7 Å². The maximum Gasteiger partial charge on any atom is 0.508 e. The first-order chi connectivity index (χ1) is 5.85. The van der Waals surface area contributed by atoms with Crippen molar-refractivity contribution in [3.8, 4) is 0 Å².